The van der Waals surface area contributed by atoms with Gasteiger partial charge in [-0.15, -0.1) is 10.2 Å². The van der Waals surface area contributed by atoms with Crippen molar-refractivity contribution in [3.8, 4) is 11.4 Å². The SMILES string of the molecule is CCCOc1ccc(-n2nc3cc(Br)c(N)c(Br)c3n2)cc1. The van der Waals surface area contributed by atoms with E-state index in [0.29, 0.717) is 12.3 Å². The normalized spacial score (nSPS) is 11.0. The van der Waals surface area contributed by atoms with E-state index in [9.17, 15) is 0 Å². The molecule has 0 bridgehead atoms. The molecule has 2 aromatic carbocycles. The van der Waals surface area contributed by atoms with Crippen molar-refractivity contribution in [2.24, 2.45) is 0 Å². The van der Waals surface area contributed by atoms with Gasteiger partial charge in [-0.3, -0.25) is 0 Å². The van der Waals surface area contributed by atoms with Crippen LogP contribution in [0.2, 0.25) is 0 Å². The van der Waals surface area contributed by atoms with Crippen molar-refractivity contribution < 1.29 is 4.74 Å². The number of nitrogens with two attached hydrogens (primary N) is 1. The van der Waals surface area contributed by atoms with Crippen molar-refractivity contribution in [3.05, 3.63) is 39.3 Å². The zero-order valence-electron chi connectivity index (χ0n) is 11.9. The molecule has 0 aliphatic rings. The Hall–Kier alpha value is -1.60. The molecular formula is C15H14Br2N4O. The fourth-order valence-corrected chi connectivity index (χ4v) is 3.19. The molecular weight excluding hydrogens is 412 g/mol. The van der Waals surface area contributed by atoms with Crippen molar-refractivity contribution in [3.63, 3.8) is 0 Å². The molecule has 0 spiro atoms. The van der Waals surface area contributed by atoms with Crippen LogP contribution in [0, 0.1) is 0 Å². The van der Waals surface area contributed by atoms with Crippen LogP contribution in [-0.2, 0) is 0 Å². The zero-order valence-corrected chi connectivity index (χ0v) is 15.1. The summed E-state index contributed by atoms with van der Waals surface area (Å²) in [4.78, 5) is 1.59. The highest BCUT2D eigenvalue weighted by molar-refractivity contribution is 9.11. The van der Waals surface area contributed by atoms with E-state index in [1.165, 1.54) is 0 Å². The monoisotopic (exact) mass is 424 g/mol. The van der Waals surface area contributed by atoms with E-state index >= 15 is 0 Å². The largest absolute Gasteiger partial charge is 0.494 e. The van der Waals surface area contributed by atoms with Gasteiger partial charge in [-0.1, -0.05) is 6.92 Å². The minimum absolute atomic E-state index is 0.614. The summed E-state index contributed by atoms with van der Waals surface area (Å²) in [6.07, 6.45) is 0.984. The first-order valence-electron chi connectivity index (χ1n) is 6.84. The summed E-state index contributed by atoms with van der Waals surface area (Å²) in [6, 6.07) is 9.54. The topological polar surface area (TPSA) is 66.0 Å². The zero-order chi connectivity index (χ0) is 15.7. The molecule has 7 heteroatoms. The van der Waals surface area contributed by atoms with Gasteiger partial charge in [0.25, 0.3) is 0 Å². The third kappa shape index (κ3) is 2.83. The van der Waals surface area contributed by atoms with E-state index in [1.807, 2.05) is 30.3 Å². The number of rotatable bonds is 4. The van der Waals surface area contributed by atoms with Crippen LogP contribution in [0.1, 0.15) is 13.3 Å². The second-order valence-corrected chi connectivity index (χ2v) is 6.43. The first-order chi connectivity index (χ1) is 10.6. The first-order valence-corrected chi connectivity index (χ1v) is 8.42. The molecule has 0 unspecified atom stereocenters. The molecule has 114 valence electrons. The highest BCUT2D eigenvalue weighted by Crippen LogP contribution is 2.34. The van der Waals surface area contributed by atoms with Crippen LogP contribution in [0.4, 0.5) is 5.69 Å². The molecule has 3 rings (SSSR count). The average Bonchev–Trinajstić information content (AvgIpc) is 2.95. The van der Waals surface area contributed by atoms with Crippen LogP contribution >= 0.6 is 31.9 Å². The molecule has 5 nitrogen and oxygen atoms in total. The Kier molecular flexibility index (Phi) is 4.35. The van der Waals surface area contributed by atoms with Crippen molar-refractivity contribution in [2.45, 2.75) is 13.3 Å². The maximum atomic E-state index is 5.97. The fourth-order valence-electron chi connectivity index (χ4n) is 2.01. The first kappa shape index (κ1) is 15.3. The third-order valence-electron chi connectivity index (χ3n) is 3.15. The molecule has 0 atom stereocenters. The van der Waals surface area contributed by atoms with Crippen molar-refractivity contribution >= 4 is 48.6 Å². The minimum Gasteiger partial charge on any atom is -0.494 e. The summed E-state index contributed by atoms with van der Waals surface area (Å²) in [5, 5.41) is 8.98. The number of ether oxygens (including phenoxy) is 1. The van der Waals surface area contributed by atoms with Gasteiger partial charge < -0.3 is 10.5 Å². The molecule has 22 heavy (non-hydrogen) atoms. The average molecular weight is 426 g/mol. The molecule has 3 aromatic rings. The van der Waals surface area contributed by atoms with E-state index in [0.717, 1.165) is 37.8 Å². The highest BCUT2D eigenvalue weighted by Gasteiger charge is 2.13. The molecule has 0 amide bonds. The van der Waals surface area contributed by atoms with Crippen LogP contribution in [-0.4, -0.2) is 21.6 Å². The molecule has 0 aliphatic heterocycles. The molecule has 0 aliphatic carbocycles. The summed E-state index contributed by atoms with van der Waals surface area (Å²) in [5.74, 6) is 0.843. The predicted molar refractivity (Wildman–Crippen MR) is 94.5 cm³/mol. The van der Waals surface area contributed by atoms with Gasteiger partial charge in [-0.05, 0) is 68.6 Å². The lowest BCUT2D eigenvalue weighted by molar-refractivity contribution is 0.317. The summed E-state index contributed by atoms with van der Waals surface area (Å²) >= 11 is 6.88. The Morgan fingerprint density at radius 2 is 1.91 bits per heavy atom. The van der Waals surface area contributed by atoms with Crippen LogP contribution in [0.5, 0.6) is 5.75 Å². The van der Waals surface area contributed by atoms with Gasteiger partial charge in [-0.2, -0.15) is 4.80 Å². The predicted octanol–water partition coefficient (Wildman–Crippen LogP) is 4.32. The quantitative estimate of drug-likeness (QED) is 0.632. The van der Waals surface area contributed by atoms with E-state index in [4.69, 9.17) is 10.5 Å². The number of nitrogen functional groups attached to an aromatic ring is 1. The minimum atomic E-state index is 0.614. The standard InChI is InChI=1S/C15H14Br2N4O/c1-2-7-22-10-5-3-9(4-6-10)21-19-12-8-11(16)14(18)13(17)15(12)20-21/h3-6,8H,2,7,18H2,1H3. The lowest BCUT2D eigenvalue weighted by Crippen LogP contribution is -1.99. The van der Waals surface area contributed by atoms with Crippen LogP contribution in [0.15, 0.2) is 39.3 Å². The van der Waals surface area contributed by atoms with Crippen molar-refractivity contribution in [1.29, 1.82) is 0 Å². The number of fused-ring (bicyclic) bond motifs is 1. The molecule has 2 N–H and O–H groups in total. The molecule has 1 aromatic heterocycles. The van der Waals surface area contributed by atoms with Gasteiger partial charge in [0, 0.05) is 4.47 Å². The number of benzene rings is 2. The Morgan fingerprint density at radius 3 is 2.59 bits per heavy atom. The summed E-state index contributed by atoms with van der Waals surface area (Å²) in [7, 11) is 0. The second-order valence-electron chi connectivity index (χ2n) is 4.79. The van der Waals surface area contributed by atoms with Gasteiger partial charge in [0.15, 0.2) is 0 Å². The van der Waals surface area contributed by atoms with Crippen LogP contribution in [0.25, 0.3) is 16.7 Å². The number of halogens is 2. The Labute approximate surface area is 144 Å². The number of aromatic nitrogens is 3. The lowest BCUT2D eigenvalue weighted by atomic mass is 10.3. The van der Waals surface area contributed by atoms with E-state index < -0.39 is 0 Å². The molecule has 0 saturated heterocycles. The molecule has 0 fully saturated rings. The van der Waals surface area contributed by atoms with E-state index in [-0.39, 0.29) is 0 Å². The van der Waals surface area contributed by atoms with Gasteiger partial charge in [-0.25, -0.2) is 0 Å². The highest BCUT2D eigenvalue weighted by atomic mass is 79.9. The van der Waals surface area contributed by atoms with Gasteiger partial charge in [0.05, 0.1) is 22.5 Å². The van der Waals surface area contributed by atoms with E-state index in [2.05, 4.69) is 49.0 Å². The maximum absolute atomic E-state index is 5.97. The summed E-state index contributed by atoms with van der Waals surface area (Å²) in [6.45, 7) is 2.79. The van der Waals surface area contributed by atoms with Crippen molar-refractivity contribution in [1.82, 2.24) is 15.0 Å². The molecule has 1 heterocycles. The fraction of sp³-hybridized carbons (Fsp3) is 0.200. The number of hydrogen-bond acceptors (Lipinski definition) is 4. The maximum Gasteiger partial charge on any atom is 0.130 e. The van der Waals surface area contributed by atoms with Crippen LogP contribution < -0.4 is 10.5 Å². The Morgan fingerprint density at radius 1 is 1.18 bits per heavy atom. The number of anilines is 1. The van der Waals surface area contributed by atoms with Crippen LogP contribution in [0.3, 0.4) is 0 Å². The van der Waals surface area contributed by atoms with Gasteiger partial charge in [0.1, 0.15) is 16.8 Å². The third-order valence-corrected chi connectivity index (χ3v) is 4.60. The Bertz CT molecular complexity index is 815. The second kappa shape index (κ2) is 6.26. The Balaban J connectivity index is 1.98. The number of hydrogen-bond donors (Lipinski definition) is 1. The lowest BCUT2D eigenvalue weighted by Gasteiger charge is -2.05. The number of nitrogens with zero attached hydrogens (tertiary/aromatic N) is 3. The molecule has 0 radical (unpaired) electrons. The summed E-state index contributed by atoms with van der Waals surface area (Å²) in [5.41, 5.74) is 8.94. The van der Waals surface area contributed by atoms with Crippen molar-refractivity contribution in [2.75, 3.05) is 12.3 Å². The van der Waals surface area contributed by atoms with Gasteiger partial charge >= 0.3 is 0 Å². The molecule has 0 saturated carbocycles. The van der Waals surface area contributed by atoms with Gasteiger partial charge in [0.2, 0.25) is 0 Å². The smallest absolute Gasteiger partial charge is 0.130 e. The summed E-state index contributed by atoms with van der Waals surface area (Å²) < 4.78 is 7.11. The van der Waals surface area contributed by atoms with E-state index in [1.54, 1.807) is 4.80 Å².